The Balaban J connectivity index is 3.61. The summed E-state index contributed by atoms with van der Waals surface area (Å²) < 4.78 is 0. The summed E-state index contributed by atoms with van der Waals surface area (Å²) in [7, 11) is 0. The Hall–Kier alpha value is -1.05. The highest BCUT2D eigenvalue weighted by Crippen LogP contribution is 2.13. The molecular formula is C13H22O2. The van der Waals surface area contributed by atoms with Crippen LogP contribution < -0.4 is 0 Å². The molecule has 0 aromatic heterocycles. The molecule has 0 aromatic carbocycles. The van der Waals surface area contributed by atoms with E-state index in [0.29, 0.717) is 12.3 Å². The molecule has 0 spiro atoms. The second-order valence-corrected chi connectivity index (χ2v) is 4.06. The Kier molecular flexibility index (Phi) is 7.69. The lowest BCUT2D eigenvalue weighted by molar-refractivity contribution is -0.137. The quantitative estimate of drug-likeness (QED) is 0.649. The molecule has 0 saturated carbocycles. The molecule has 0 saturated heterocycles. The van der Waals surface area contributed by atoms with E-state index < -0.39 is 5.97 Å². The van der Waals surface area contributed by atoms with Crippen molar-refractivity contribution >= 4 is 5.97 Å². The van der Waals surface area contributed by atoms with Crippen LogP contribution in [0.15, 0.2) is 23.8 Å². The molecule has 1 unspecified atom stereocenters. The van der Waals surface area contributed by atoms with Gasteiger partial charge in [0, 0.05) is 6.42 Å². The van der Waals surface area contributed by atoms with Gasteiger partial charge in [0.25, 0.3) is 0 Å². The summed E-state index contributed by atoms with van der Waals surface area (Å²) in [6.07, 6.45) is 9.46. The van der Waals surface area contributed by atoms with Crippen molar-refractivity contribution < 1.29 is 9.90 Å². The van der Waals surface area contributed by atoms with E-state index in [4.69, 9.17) is 5.11 Å². The van der Waals surface area contributed by atoms with Crippen LogP contribution in [0, 0.1) is 5.92 Å². The molecule has 2 heteroatoms. The zero-order valence-electron chi connectivity index (χ0n) is 9.99. The third-order valence-corrected chi connectivity index (χ3v) is 2.46. The van der Waals surface area contributed by atoms with Gasteiger partial charge >= 0.3 is 5.97 Å². The average Bonchev–Trinajstić information content (AvgIpc) is 2.17. The van der Waals surface area contributed by atoms with E-state index in [-0.39, 0.29) is 0 Å². The molecule has 1 N–H and O–H groups in total. The van der Waals surface area contributed by atoms with E-state index in [1.165, 1.54) is 5.57 Å². The Morgan fingerprint density at radius 1 is 1.47 bits per heavy atom. The van der Waals surface area contributed by atoms with Gasteiger partial charge in [-0.05, 0) is 39.0 Å². The highest BCUT2D eigenvalue weighted by Gasteiger charge is 2.02. The minimum absolute atomic E-state index is 0.294. The largest absolute Gasteiger partial charge is 0.481 e. The van der Waals surface area contributed by atoms with E-state index >= 15 is 0 Å². The molecule has 0 aliphatic heterocycles. The van der Waals surface area contributed by atoms with Crippen LogP contribution in [0.5, 0.6) is 0 Å². The Labute approximate surface area is 92.7 Å². The number of carboxylic acid groups (broad SMARTS) is 1. The second-order valence-electron chi connectivity index (χ2n) is 4.06. The summed E-state index contributed by atoms with van der Waals surface area (Å²) in [4.78, 5) is 10.3. The maximum atomic E-state index is 10.3. The molecule has 0 aliphatic carbocycles. The molecule has 0 amide bonds. The maximum Gasteiger partial charge on any atom is 0.303 e. The van der Waals surface area contributed by atoms with E-state index in [1.54, 1.807) is 0 Å². The van der Waals surface area contributed by atoms with Gasteiger partial charge in [0.1, 0.15) is 0 Å². The van der Waals surface area contributed by atoms with Crippen LogP contribution in [-0.2, 0) is 4.79 Å². The molecular weight excluding hydrogens is 188 g/mol. The Bertz CT molecular complexity index is 239. The van der Waals surface area contributed by atoms with Crippen molar-refractivity contribution in [3.63, 3.8) is 0 Å². The van der Waals surface area contributed by atoms with Gasteiger partial charge in [0.05, 0.1) is 0 Å². The topological polar surface area (TPSA) is 37.3 Å². The van der Waals surface area contributed by atoms with Crippen LogP contribution in [0.2, 0.25) is 0 Å². The number of hydrogen-bond donors (Lipinski definition) is 1. The van der Waals surface area contributed by atoms with Crippen LogP contribution in [0.25, 0.3) is 0 Å². The SMILES string of the molecule is C/C=C(C)\C=C/CC(C)CCCC(=O)O. The summed E-state index contributed by atoms with van der Waals surface area (Å²) in [5.41, 5.74) is 1.27. The highest BCUT2D eigenvalue weighted by atomic mass is 16.4. The third-order valence-electron chi connectivity index (χ3n) is 2.46. The predicted octanol–water partition coefficient (Wildman–Crippen LogP) is 3.79. The zero-order valence-corrected chi connectivity index (χ0v) is 9.99. The number of hydrogen-bond acceptors (Lipinski definition) is 1. The standard InChI is InChI=1S/C13H22O2/c1-4-11(2)7-5-8-12(3)9-6-10-13(14)15/h4-5,7,12H,6,8-10H2,1-3H3,(H,14,15)/b7-5-,11-4-. The van der Waals surface area contributed by atoms with Crippen LogP contribution in [0.3, 0.4) is 0 Å². The summed E-state index contributed by atoms with van der Waals surface area (Å²) >= 11 is 0. The fourth-order valence-corrected chi connectivity index (χ4v) is 1.30. The zero-order chi connectivity index (χ0) is 11.7. The molecule has 2 nitrogen and oxygen atoms in total. The van der Waals surface area contributed by atoms with Gasteiger partial charge in [-0.3, -0.25) is 4.79 Å². The van der Waals surface area contributed by atoms with Crippen molar-refractivity contribution in [3.8, 4) is 0 Å². The molecule has 0 heterocycles. The van der Waals surface area contributed by atoms with Gasteiger partial charge in [-0.2, -0.15) is 0 Å². The van der Waals surface area contributed by atoms with Gasteiger partial charge < -0.3 is 5.11 Å². The molecule has 15 heavy (non-hydrogen) atoms. The molecule has 0 radical (unpaired) electrons. The van der Waals surface area contributed by atoms with Crippen LogP contribution in [0.4, 0.5) is 0 Å². The third kappa shape index (κ3) is 9.26. The highest BCUT2D eigenvalue weighted by molar-refractivity contribution is 5.66. The number of allylic oxidation sites excluding steroid dienone is 4. The molecule has 0 aliphatic rings. The van der Waals surface area contributed by atoms with Crippen molar-refractivity contribution in [3.05, 3.63) is 23.8 Å². The molecule has 0 rings (SSSR count). The van der Waals surface area contributed by atoms with Gasteiger partial charge in [-0.15, -0.1) is 0 Å². The van der Waals surface area contributed by atoms with Gasteiger partial charge in [-0.1, -0.05) is 30.7 Å². The maximum absolute atomic E-state index is 10.3. The first-order valence-corrected chi connectivity index (χ1v) is 5.57. The number of rotatable bonds is 7. The van der Waals surface area contributed by atoms with E-state index in [0.717, 1.165) is 19.3 Å². The fraction of sp³-hybridized carbons (Fsp3) is 0.615. The van der Waals surface area contributed by atoms with E-state index in [1.807, 2.05) is 6.92 Å². The summed E-state index contributed by atoms with van der Waals surface area (Å²) in [5, 5.41) is 8.49. The van der Waals surface area contributed by atoms with Crippen LogP contribution in [0.1, 0.15) is 46.5 Å². The Morgan fingerprint density at radius 2 is 2.13 bits per heavy atom. The summed E-state index contributed by atoms with van der Waals surface area (Å²) in [6.45, 7) is 6.26. The van der Waals surface area contributed by atoms with Gasteiger partial charge in [-0.25, -0.2) is 0 Å². The van der Waals surface area contributed by atoms with Crippen molar-refractivity contribution in [1.82, 2.24) is 0 Å². The second kappa shape index (κ2) is 8.27. The van der Waals surface area contributed by atoms with E-state index in [9.17, 15) is 4.79 Å². The molecule has 1 atom stereocenters. The first-order valence-electron chi connectivity index (χ1n) is 5.57. The molecule has 0 fully saturated rings. The monoisotopic (exact) mass is 210 g/mol. The number of carboxylic acids is 1. The summed E-state index contributed by atoms with van der Waals surface area (Å²) in [5.74, 6) is -0.118. The summed E-state index contributed by atoms with van der Waals surface area (Å²) in [6, 6.07) is 0. The number of carbonyl (C=O) groups is 1. The normalized spacial score (nSPS) is 14.5. The predicted molar refractivity (Wildman–Crippen MR) is 63.8 cm³/mol. The van der Waals surface area contributed by atoms with Crippen molar-refractivity contribution in [2.75, 3.05) is 0 Å². The molecule has 0 bridgehead atoms. The van der Waals surface area contributed by atoms with Crippen molar-refractivity contribution in [2.45, 2.75) is 46.5 Å². The Morgan fingerprint density at radius 3 is 2.67 bits per heavy atom. The van der Waals surface area contributed by atoms with Crippen LogP contribution in [-0.4, -0.2) is 11.1 Å². The van der Waals surface area contributed by atoms with Gasteiger partial charge in [0.15, 0.2) is 0 Å². The smallest absolute Gasteiger partial charge is 0.303 e. The minimum Gasteiger partial charge on any atom is -0.481 e. The molecule has 86 valence electrons. The first-order chi connectivity index (χ1) is 7.06. The fourth-order valence-electron chi connectivity index (χ4n) is 1.30. The lowest BCUT2D eigenvalue weighted by Gasteiger charge is -2.06. The molecule has 0 aromatic rings. The average molecular weight is 210 g/mol. The van der Waals surface area contributed by atoms with E-state index in [2.05, 4.69) is 32.1 Å². The lowest BCUT2D eigenvalue weighted by Crippen LogP contribution is -1.98. The van der Waals surface area contributed by atoms with Crippen molar-refractivity contribution in [2.24, 2.45) is 5.92 Å². The lowest BCUT2D eigenvalue weighted by atomic mass is 10.00. The van der Waals surface area contributed by atoms with Gasteiger partial charge in [0.2, 0.25) is 0 Å². The number of aliphatic carboxylic acids is 1. The van der Waals surface area contributed by atoms with Crippen molar-refractivity contribution in [1.29, 1.82) is 0 Å². The minimum atomic E-state index is -0.692. The first kappa shape index (κ1) is 13.9. The van der Waals surface area contributed by atoms with Crippen LogP contribution >= 0.6 is 0 Å².